The average molecular weight is 289 g/mol. The maximum atomic E-state index is 11.3. The zero-order chi connectivity index (χ0) is 14.8. The summed E-state index contributed by atoms with van der Waals surface area (Å²) >= 11 is 0. The highest BCUT2D eigenvalue weighted by Crippen LogP contribution is 2.25. The van der Waals surface area contributed by atoms with Crippen LogP contribution < -0.4 is 4.72 Å². The molecule has 106 valence electrons. The zero-order valence-corrected chi connectivity index (χ0v) is 12.7. The molecule has 0 radical (unpaired) electrons. The molecule has 0 atom stereocenters. The SMILES string of the molecule is CC(C)c1ccc(-c2cccc(NS(C)(=O)=O)c2)cc1. The van der Waals surface area contributed by atoms with Gasteiger partial charge in [-0.2, -0.15) is 0 Å². The number of benzene rings is 2. The smallest absolute Gasteiger partial charge is 0.229 e. The van der Waals surface area contributed by atoms with Gasteiger partial charge in [-0.15, -0.1) is 0 Å². The van der Waals surface area contributed by atoms with Crippen LogP contribution in [-0.4, -0.2) is 14.7 Å². The molecule has 0 bridgehead atoms. The third-order valence-corrected chi connectivity index (χ3v) is 3.68. The minimum Gasteiger partial charge on any atom is -0.284 e. The van der Waals surface area contributed by atoms with Gasteiger partial charge in [0.15, 0.2) is 0 Å². The Morgan fingerprint density at radius 2 is 1.60 bits per heavy atom. The first-order valence-electron chi connectivity index (χ1n) is 6.53. The predicted octanol–water partition coefficient (Wildman–Crippen LogP) is 3.85. The second-order valence-corrected chi connectivity index (χ2v) is 6.98. The van der Waals surface area contributed by atoms with Crippen molar-refractivity contribution in [3.05, 3.63) is 54.1 Å². The second-order valence-electron chi connectivity index (χ2n) is 5.23. The van der Waals surface area contributed by atoms with Gasteiger partial charge >= 0.3 is 0 Å². The van der Waals surface area contributed by atoms with Crippen molar-refractivity contribution in [2.75, 3.05) is 11.0 Å². The molecule has 0 heterocycles. The van der Waals surface area contributed by atoms with Gasteiger partial charge in [-0.25, -0.2) is 8.42 Å². The molecular formula is C16H19NO2S. The van der Waals surface area contributed by atoms with Crippen molar-refractivity contribution in [2.45, 2.75) is 19.8 Å². The van der Waals surface area contributed by atoms with Crippen molar-refractivity contribution in [1.29, 1.82) is 0 Å². The Bertz CT molecular complexity index is 689. The summed E-state index contributed by atoms with van der Waals surface area (Å²) in [6.07, 6.45) is 1.15. The van der Waals surface area contributed by atoms with Gasteiger partial charge in [0.05, 0.1) is 6.26 Å². The predicted molar refractivity (Wildman–Crippen MR) is 84.4 cm³/mol. The highest BCUT2D eigenvalue weighted by Gasteiger charge is 2.04. The molecule has 0 aliphatic heterocycles. The summed E-state index contributed by atoms with van der Waals surface area (Å²) in [6, 6.07) is 15.7. The van der Waals surface area contributed by atoms with Crippen LogP contribution in [0.4, 0.5) is 5.69 Å². The summed E-state index contributed by atoms with van der Waals surface area (Å²) in [4.78, 5) is 0. The molecule has 2 rings (SSSR count). The van der Waals surface area contributed by atoms with Gasteiger partial charge in [0.1, 0.15) is 0 Å². The number of hydrogen-bond acceptors (Lipinski definition) is 2. The standard InChI is InChI=1S/C16H19NO2S/c1-12(2)13-7-9-14(10-8-13)15-5-4-6-16(11-15)17-20(3,18)19/h4-12,17H,1-3H3. The fraction of sp³-hybridized carbons (Fsp3) is 0.250. The van der Waals surface area contributed by atoms with E-state index in [-0.39, 0.29) is 0 Å². The van der Waals surface area contributed by atoms with Crippen LogP contribution in [0.2, 0.25) is 0 Å². The average Bonchev–Trinajstić information content (AvgIpc) is 2.37. The quantitative estimate of drug-likeness (QED) is 0.929. The van der Waals surface area contributed by atoms with Crippen molar-refractivity contribution in [1.82, 2.24) is 0 Å². The fourth-order valence-corrected chi connectivity index (χ4v) is 2.59. The zero-order valence-electron chi connectivity index (χ0n) is 11.9. The lowest BCUT2D eigenvalue weighted by atomic mass is 9.99. The van der Waals surface area contributed by atoms with Crippen LogP contribution in [0, 0.1) is 0 Å². The monoisotopic (exact) mass is 289 g/mol. The van der Waals surface area contributed by atoms with E-state index in [0.717, 1.165) is 17.4 Å². The molecule has 2 aromatic rings. The fourth-order valence-electron chi connectivity index (χ4n) is 2.04. The molecule has 3 nitrogen and oxygen atoms in total. The van der Waals surface area contributed by atoms with Crippen molar-refractivity contribution in [3.63, 3.8) is 0 Å². The van der Waals surface area contributed by atoms with Gasteiger partial charge < -0.3 is 0 Å². The van der Waals surface area contributed by atoms with Crippen LogP contribution >= 0.6 is 0 Å². The first-order chi connectivity index (χ1) is 9.35. The molecule has 0 aromatic heterocycles. The summed E-state index contributed by atoms with van der Waals surface area (Å²) < 4.78 is 25.0. The van der Waals surface area contributed by atoms with Gasteiger partial charge in [-0.1, -0.05) is 50.2 Å². The highest BCUT2D eigenvalue weighted by atomic mass is 32.2. The van der Waals surface area contributed by atoms with Crippen LogP contribution in [0.25, 0.3) is 11.1 Å². The Labute approximate surface area is 120 Å². The first-order valence-corrected chi connectivity index (χ1v) is 8.42. The topological polar surface area (TPSA) is 46.2 Å². The Morgan fingerprint density at radius 3 is 2.15 bits per heavy atom. The van der Waals surface area contributed by atoms with E-state index in [9.17, 15) is 8.42 Å². The number of nitrogens with one attached hydrogen (secondary N) is 1. The van der Waals surface area contributed by atoms with E-state index in [1.165, 1.54) is 5.56 Å². The third kappa shape index (κ3) is 3.84. The summed E-state index contributed by atoms with van der Waals surface area (Å²) in [7, 11) is -3.24. The van der Waals surface area contributed by atoms with Crippen molar-refractivity contribution in [2.24, 2.45) is 0 Å². The van der Waals surface area contributed by atoms with Crippen molar-refractivity contribution < 1.29 is 8.42 Å². The lowest BCUT2D eigenvalue weighted by Crippen LogP contribution is -2.09. The molecule has 0 spiro atoms. The minimum atomic E-state index is -3.24. The Morgan fingerprint density at radius 1 is 0.950 bits per heavy atom. The molecule has 1 N–H and O–H groups in total. The maximum absolute atomic E-state index is 11.3. The van der Waals surface area contributed by atoms with Gasteiger partial charge in [-0.3, -0.25) is 4.72 Å². The second kappa shape index (κ2) is 5.67. The molecule has 0 saturated heterocycles. The number of anilines is 1. The van der Waals surface area contributed by atoms with E-state index in [1.807, 2.05) is 18.2 Å². The Hall–Kier alpha value is -1.81. The summed E-state index contributed by atoms with van der Waals surface area (Å²) in [5.74, 6) is 0.502. The van der Waals surface area contributed by atoms with Crippen LogP contribution in [0.1, 0.15) is 25.3 Å². The van der Waals surface area contributed by atoms with E-state index in [0.29, 0.717) is 11.6 Å². The van der Waals surface area contributed by atoms with E-state index >= 15 is 0 Å². The van der Waals surface area contributed by atoms with Gasteiger partial charge in [0, 0.05) is 5.69 Å². The molecule has 2 aromatic carbocycles. The van der Waals surface area contributed by atoms with Crippen LogP contribution in [0.3, 0.4) is 0 Å². The Kier molecular flexibility index (Phi) is 4.14. The third-order valence-electron chi connectivity index (χ3n) is 3.08. The molecule has 0 fully saturated rings. The maximum Gasteiger partial charge on any atom is 0.229 e. The first kappa shape index (κ1) is 14.6. The van der Waals surface area contributed by atoms with Gasteiger partial charge in [-0.05, 0) is 34.7 Å². The molecule has 0 amide bonds. The summed E-state index contributed by atoms with van der Waals surface area (Å²) in [5.41, 5.74) is 3.94. The molecular weight excluding hydrogens is 270 g/mol. The number of rotatable bonds is 4. The van der Waals surface area contributed by atoms with Crippen LogP contribution in [0.15, 0.2) is 48.5 Å². The van der Waals surface area contributed by atoms with Crippen molar-refractivity contribution in [3.8, 4) is 11.1 Å². The van der Waals surface area contributed by atoms with Gasteiger partial charge in [0.25, 0.3) is 0 Å². The molecule has 0 unspecified atom stereocenters. The van der Waals surface area contributed by atoms with Gasteiger partial charge in [0.2, 0.25) is 10.0 Å². The van der Waals surface area contributed by atoms with E-state index in [2.05, 4.69) is 42.8 Å². The van der Waals surface area contributed by atoms with E-state index < -0.39 is 10.0 Å². The molecule has 0 aliphatic rings. The minimum absolute atomic E-state index is 0.502. The lowest BCUT2D eigenvalue weighted by molar-refractivity contribution is 0.607. The summed E-state index contributed by atoms with van der Waals surface area (Å²) in [6.45, 7) is 4.32. The van der Waals surface area contributed by atoms with Crippen molar-refractivity contribution >= 4 is 15.7 Å². The molecule has 0 saturated carbocycles. The molecule has 20 heavy (non-hydrogen) atoms. The number of sulfonamides is 1. The number of hydrogen-bond donors (Lipinski definition) is 1. The van der Waals surface area contributed by atoms with E-state index in [4.69, 9.17) is 0 Å². The molecule has 4 heteroatoms. The molecule has 0 aliphatic carbocycles. The normalized spacial score (nSPS) is 11.6. The van der Waals surface area contributed by atoms with Crippen LogP contribution in [-0.2, 0) is 10.0 Å². The lowest BCUT2D eigenvalue weighted by Gasteiger charge is -2.09. The summed E-state index contributed by atoms with van der Waals surface area (Å²) in [5, 5.41) is 0. The van der Waals surface area contributed by atoms with E-state index in [1.54, 1.807) is 6.07 Å². The largest absolute Gasteiger partial charge is 0.284 e. The van der Waals surface area contributed by atoms with Crippen LogP contribution in [0.5, 0.6) is 0 Å². The Balaban J connectivity index is 2.31. The highest BCUT2D eigenvalue weighted by molar-refractivity contribution is 7.92.